The molecular formula is C20H17Cl2N7O2. The second kappa shape index (κ2) is 8.75. The lowest BCUT2D eigenvalue weighted by atomic mass is 10.1. The molecule has 158 valence electrons. The molecule has 9 nitrogen and oxygen atoms in total. The summed E-state index contributed by atoms with van der Waals surface area (Å²) in [6, 6.07) is 8.74. The van der Waals surface area contributed by atoms with Crippen LogP contribution in [-0.4, -0.2) is 30.8 Å². The zero-order chi connectivity index (χ0) is 22.0. The fourth-order valence-electron chi connectivity index (χ4n) is 3.04. The third-order valence-corrected chi connectivity index (χ3v) is 5.13. The first-order valence-electron chi connectivity index (χ1n) is 9.22. The summed E-state index contributed by atoms with van der Waals surface area (Å²) >= 11 is 12.3. The molecule has 31 heavy (non-hydrogen) atoms. The minimum absolute atomic E-state index is 0.0669. The predicted molar refractivity (Wildman–Crippen MR) is 116 cm³/mol. The molecule has 0 saturated heterocycles. The van der Waals surface area contributed by atoms with Crippen molar-refractivity contribution in [1.29, 1.82) is 0 Å². The summed E-state index contributed by atoms with van der Waals surface area (Å²) in [5.41, 5.74) is 8.92. The van der Waals surface area contributed by atoms with E-state index in [4.69, 9.17) is 27.7 Å². The number of rotatable bonds is 6. The summed E-state index contributed by atoms with van der Waals surface area (Å²) in [6.45, 7) is 3.71. The molecule has 1 aromatic carbocycles. The van der Waals surface area contributed by atoms with Crippen LogP contribution in [0.2, 0.25) is 10.0 Å². The fraction of sp³-hybridized carbons (Fsp3) is 0.150. The Morgan fingerprint density at radius 1 is 1.16 bits per heavy atom. The van der Waals surface area contributed by atoms with Crippen molar-refractivity contribution in [2.24, 2.45) is 0 Å². The molecular weight excluding hydrogens is 441 g/mol. The van der Waals surface area contributed by atoms with Crippen molar-refractivity contribution >= 4 is 35.1 Å². The Balaban J connectivity index is 1.43. The van der Waals surface area contributed by atoms with Crippen LogP contribution in [0.15, 0.2) is 47.2 Å². The maximum atomic E-state index is 12.5. The summed E-state index contributed by atoms with van der Waals surface area (Å²) in [7, 11) is 0. The van der Waals surface area contributed by atoms with E-state index in [1.54, 1.807) is 47.4 Å². The predicted octanol–water partition coefficient (Wildman–Crippen LogP) is 3.93. The molecule has 1 amide bonds. The summed E-state index contributed by atoms with van der Waals surface area (Å²) < 4.78 is 6.80. The average Bonchev–Trinajstić information content (AvgIpc) is 3.33. The van der Waals surface area contributed by atoms with Crippen LogP contribution in [0.3, 0.4) is 0 Å². The number of aryl methyl sites for hydroxylation is 1. The molecule has 3 heterocycles. The lowest BCUT2D eigenvalue weighted by molar-refractivity contribution is -0.120. The smallest absolute Gasteiger partial charge is 0.313 e. The van der Waals surface area contributed by atoms with Gasteiger partial charge < -0.3 is 4.52 Å². The van der Waals surface area contributed by atoms with Crippen molar-refractivity contribution in [1.82, 2.24) is 30.3 Å². The maximum Gasteiger partial charge on any atom is 0.340 e. The van der Waals surface area contributed by atoms with Crippen LogP contribution in [0.1, 0.15) is 17.0 Å². The number of hydrogen-bond acceptors (Lipinski definition) is 7. The minimum Gasteiger partial charge on any atom is -0.313 e. The van der Waals surface area contributed by atoms with Gasteiger partial charge in [-0.05, 0) is 44.2 Å². The van der Waals surface area contributed by atoms with Gasteiger partial charge in [0.2, 0.25) is 11.7 Å². The van der Waals surface area contributed by atoms with Gasteiger partial charge in [0.15, 0.2) is 0 Å². The molecule has 0 spiro atoms. The Hall–Kier alpha value is -3.43. The molecule has 0 fully saturated rings. The Kier molecular flexibility index (Phi) is 5.88. The van der Waals surface area contributed by atoms with Gasteiger partial charge in [0.1, 0.15) is 0 Å². The normalized spacial score (nSPS) is 10.8. The Labute approximate surface area is 187 Å². The second-order valence-corrected chi connectivity index (χ2v) is 7.51. The maximum absolute atomic E-state index is 12.5. The fourth-order valence-corrected chi connectivity index (χ4v) is 3.53. The van der Waals surface area contributed by atoms with Gasteiger partial charge in [-0.1, -0.05) is 28.4 Å². The first-order valence-corrected chi connectivity index (χ1v) is 9.97. The molecule has 3 aromatic heterocycles. The number of hydrazine groups is 1. The third kappa shape index (κ3) is 4.52. The second-order valence-electron chi connectivity index (χ2n) is 6.67. The number of amides is 1. The molecule has 0 saturated carbocycles. The van der Waals surface area contributed by atoms with Crippen molar-refractivity contribution in [3.05, 3.63) is 69.7 Å². The van der Waals surface area contributed by atoms with Gasteiger partial charge in [0.25, 0.3) is 0 Å². The zero-order valence-corrected chi connectivity index (χ0v) is 18.1. The SMILES string of the molecule is Cc1nn(-c2ccc(Cl)cc2Cl)c(C)c1CC(=O)NNc1nc(-c2ccncc2)no1. The van der Waals surface area contributed by atoms with Crippen molar-refractivity contribution in [3.8, 4) is 17.1 Å². The summed E-state index contributed by atoms with van der Waals surface area (Å²) in [5, 5.41) is 9.39. The van der Waals surface area contributed by atoms with E-state index in [1.165, 1.54) is 0 Å². The van der Waals surface area contributed by atoms with E-state index in [0.29, 0.717) is 21.6 Å². The van der Waals surface area contributed by atoms with E-state index in [-0.39, 0.29) is 18.3 Å². The highest BCUT2D eigenvalue weighted by atomic mass is 35.5. The highest BCUT2D eigenvalue weighted by Crippen LogP contribution is 2.27. The van der Waals surface area contributed by atoms with Gasteiger partial charge in [-0.15, -0.1) is 0 Å². The number of nitrogens with one attached hydrogen (secondary N) is 2. The van der Waals surface area contributed by atoms with Crippen LogP contribution in [0.25, 0.3) is 17.1 Å². The number of hydrogen-bond donors (Lipinski definition) is 2. The zero-order valence-electron chi connectivity index (χ0n) is 16.6. The first-order chi connectivity index (χ1) is 14.9. The van der Waals surface area contributed by atoms with E-state index in [9.17, 15) is 4.79 Å². The van der Waals surface area contributed by atoms with Gasteiger partial charge in [-0.3, -0.25) is 15.2 Å². The molecule has 0 aliphatic carbocycles. The van der Waals surface area contributed by atoms with Crippen molar-refractivity contribution in [2.45, 2.75) is 20.3 Å². The number of pyridine rings is 1. The van der Waals surface area contributed by atoms with Gasteiger partial charge in [-0.2, -0.15) is 10.1 Å². The lowest BCUT2D eigenvalue weighted by Gasteiger charge is -2.08. The van der Waals surface area contributed by atoms with E-state index >= 15 is 0 Å². The van der Waals surface area contributed by atoms with E-state index in [0.717, 1.165) is 22.5 Å². The Morgan fingerprint density at radius 3 is 2.68 bits per heavy atom. The topological polar surface area (TPSA) is 111 Å². The quantitative estimate of drug-likeness (QED) is 0.421. The van der Waals surface area contributed by atoms with Gasteiger partial charge in [-0.25, -0.2) is 10.1 Å². The van der Waals surface area contributed by atoms with Crippen LogP contribution >= 0.6 is 23.2 Å². The monoisotopic (exact) mass is 457 g/mol. The molecule has 2 N–H and O–H groups in total. The van der Waals surface area contributed by atoms with Crippen LogP contribution in [0.5, 0.6) is 0 Å². The number of nitrogens with zero attached hydrogens (tertiary/aromatic N) is 5. The van der Waals surface area contributed by atoms with Crippen LogP contribution < -0.4 is 10.9 Å². The summed E-state index contributed by atoms with van der Waals surface area (Å²) in [4.78, 5) is 20.6. The molecule has 0 radical (unpaired) electrons. The molecule has 0 aliphatic rings. The number of halogens is 2. The number of carbonyl (C=O) groups is 1. The number of anilines is 1. The third-order valence-electron chi connectivity index (χ3n) is 4.59. The van der Waals surface area contributed by atoms with Crippen LogP contribution in [0, 0.1) is 13.8 Å². The van der Waals surface area contributed by atoms with Crippen molar-refractivity contribution in [2.75, 3.05) is 5.43 Å². The van der Waals surface area contributed by atoms with Crippen LogP contribution in [0.4, 0.5) is 6.01 Å². The molecule has 11 heteroatoms. The van der Waals surface area contributed by atoms with E-state index < -0.39 is 0 Å². The lowest BCUT2D eigenvalue weighted by Crippen LogP contribution is -2.31. The Morgan fingerprint density at radius 2 is 1.94 bits per heavy atom. The van der Waals surface area contributed by atoms with Gasteiger partial charge >= 0.3 is 6.01 Å². The van der Waals surface area contributed by atoms with Crippen molar-refractivity contribution < 1.29 is 9.32 Å². The standard InChI is InChI=1S/C20H17Cl2N7O2/c1-11-15(12(2)29(27-11)17-4-3-14(21)9-16(17)22)10-18(30)25-26-20-24-19(28-31-20)13-5-7-23-8-6-13/h3-9H,10H2,1-2H3,(H,25,30)(H,24,26,28). The molecule has 0 bridgehead atoms. The molecule has 0 aliphatic heterocycles. The van der Waals surface area contributed by atoms with Gasteiger partial charge in [0, 0.05) is 34.2 Å². The van der Waals surface area contributed by atoms with Crippen LogP contribution in [-0.2, 0) is 11.2 Å². The molecule has 4 aromatic rings. The molecule has 4 rings (SSSR count). The highest BCUT2D eigenvalue weighted by Gasteiger charge is 2.18. The molecule has 0 atom stereocenters. The average molecular weight is 458 g/mol. The minimum atomic E-state index is -0.295. The number of carbonyl (C=O) groups excluding carboxylic acids is 1. The number of benzene rings is 1. The largest absolute Gasteiger partial charge is 0.340 e. The van der Waals surface area contributed by atoms with Crippen molar-refractivity contribution in [3.63, 3.8) is 0 Å². The van der Waals surface area contributed by atoms with E-state index in [2.05, 4.69) is 31.1 Å². The summed E-state index contributed by atoms with van der Waals surface area (Å²) in [6.07, 6.45) is 3.35. The first kappa shape index (κ1) is 20.8. The highest BCUT2D eigenvalue weighted by molar-refractivity contribution is 6.35. The summed E-state index contributed by atoms with van der Waals surface area (Å²) in [5.74, 6) is 0.0866. The Bertz CT molecular complexity index is 1240. The van der Waals surface area contributed by atoms with E-state index in [1.807, 2.05) is 13.8 Å². The number of aromatic nitrogens is 5. The molecule has 0 unspecified atom stereocenters. The van der Waals surface area contributed by atoms with Gasteiger partial charge in [0.05, 0.1) is 22.8 Å².